The van der Waals surface area contributed by atoms with Gasteiger partial charge in [-0.3, -0.25) is 0 Å². The number of aryl methyl sites for hydroxylation is 1. The van der Waals surface area contributed by atoms with Crippen LogP contribution in [0.2, 0.25) is 5.02 Å². The average Bonchev–Trinajstić information content (AvgIpc) is 3.10. The summed E-state index contributed by atoms with van der Waals surface area (Å²) in [4.78, 5) is 0. The van der Waals surface area contributed by atoms with Crippen LogP contribution in [0.25, 0.3) is 0 Å². The van der Waals surface area contributed by atoms with Crippen molar-refractivity contribution in [3.63, 3.8) is 0 Å². The smallest absolute Gasteiger partial charge is 0.171 e. The Kier molecular flexibility index (Phi) is 6.97. The van der Waals surface area contributed by atoms with E-state index < -0.39 is 0 Å². The molecule has 0 aliphatic heterocycles. The van der Waals surface area contributed by atoms with Gasteiger partial charge in [-0.15, -0.1) is 0 Å². The van der Waals surface area contributed by atoms with Crippen LogP contribution in [0.5, 0.6) is 5.75 Å². The number of halogens is 1. The molecule has 1 saturated carbocycles. The summed E-state index contributed by atoms with van der Waals surface area (Å²) >= 11 is 12.0. The van der Waals surface area contributed by atoms with Gasteiger partial charge in [-0.1, -0.05) is 48.7 Å². The molecule has 0 radical (unpaired) electrons. The van der Waals surface area contributed by atoms with Gasteiger partial charge in [0.25, 0.3) is 0 Å². The summed E-state index contributed by atoms with van der Waals surface area (Å²) in [7, 11) is 0. The van der Waals surface area contributed by atoms with Crippen LogP contribution in [-0.2, 0) is 6.42 Å². The number of ether oxygens (including phenoxy) is 1. The van der Waals surface area contributed by atoms with Gasteiger partial charge in [0.15, 0.2) is 5.11 Å². The zero-order chi connectivity index (χ0) is 19.1. The molecular weight excluding hydrogens is 376 g/mol. The van der Waals surface area contributed by atoms with Gasteiger partial charge in [0.05, 0.1) is 6.61 Å². The van der Waals surface area contributed by atoms with E-state index in [0.717, 1.165) is 42.1 Å². The summed E-state index contributed by atoms with van der Waals surface area (Å²) in [5.41, 5.74) is 2.19. The van der Waals surface area contributed by atoms with Gasteiger partial charge in [-0.05, 0) is 68.6 Å². The molecule has 1 fully saturated rings. The van der Waals surface area contributed by atoms with Crippen LogP contribution in [0.3, 0.4) is 0 Å². The number of hydrogen-bond acceptors (Lipinski definition) is 2. The van der Waals surface area contributed by atoms with Crippen LogP contribution < -0.4 is 15.4 Å². The van der Waals surface area contributed by atoms with E-state index in [1.165, 1.54) is 18.4 Å². The van der Waals surface area contributed by atoms with Crippen molar-refractivity contribution in [1.29, 1.82) is 0 Å². The summed E-state index contributed by atoms with van der Waals surface area (Å²) < 4.78 is 5.56. The van der Waals surface area contributed by atoms with Crippen molar-refractivity contribution < 1.29 is 4.74 Å². The zero-order valence-corrected chi connectivity index (χ0v) is 17.3. The molecule has 144 valence electrons. The molecule has 1 aliphatic rings. The van der Waals surface area contributed by atoms with E-state index in [4.69, 9.17) is 28.6 Å². The molecule has 0 unspecified atom stereocenters. The highest BCUT2D eigenvalue weighted by Crippen LogP contribution is 2.34. The SMILES string of the molecule is CCOc1cccc(NC(=S)NC2(CCc3ccccc3Cl)CCCC2)c1. The molecule has 0 saturated heterocycles. The van der Waals surface area contributed by atoms with Gasteiger partial charge >= 0.3 is 0 Å². The highest BCUT2D eigenvalue weighted by atomic mass is 35.5. The molecular formula is C22H27ClN2OS. The van der Waals surface area contributed by atoms with Crippen molar-refractivity contribution in [2.75, 3.05) is 11.9 Å². The lowest BCUT2D eigenvalue weighted by Crippen LogP contribution is -2.48. The Morgan fingerprint density at radius 3 is 2.67 bits per heavy atom. The van der Waals surface area contributed by atoms with Crippen LogP contribution in [0, 0.1) is 0 Å². The molecule has 1 aliphatic carbocycles. The highest BCUT2D eigenvalue weighted by Gasteiger charge is 2.34. The Balaban J connectivity index is 1.62. The second kappa shape index (κ2) is 9.43. The average molecular weight is 403 g/mol. The Hall–Kier alpha value is -1.78. The number of hydrogen-bond donors (Lipinski definition) is 2. The standard InChI is InChI=1S/C22H27ClN2OS/c1-2-26-19-10-7-9-18(16-19)24-21(27)25-22(13-5-6-14-22)15-12-17-8-3-4-11-20(17)23/h3-4,7-11,16H,2,5-6,12-15H2,1H3,(H2,24,25,27). The fourth-order valence-electron chi connectivity index (χ4n) is 3.80. The van der Waals surface area contributed by atoms with Crippen molar-refractivity contribution in [1.82, 2.24) is 5.32 Å². The third-order valence-corrected chi connectivity index (χ3v) is 5.75. The Morgan fingerprint density at radius 1 is 1.15 bits per heavy atom. The summed E-state index contributed by atoms with van der Waals surface area (Å²) in [6, 6.07) is 16.0. The van der Waals surface area contributed by atoms with Crippen molar-refractivity contribution in [2.45, 2.75) is 51.0 Å². The molecule has 27 heavy (non-hydrogen) atoms. The van der Waals surface area contributed by atoms with Crippen LogP contribution in [0.4, 0.5) is 5.69 Å². The molecule has 5 heteroatoms. The van der Waals surface area contributed by atoms with Gasteiger partial charge in [0.1, 0.15) is 5.75 Å². The van der Waals surface area contributed by atoms with E-state index in [-0.39, 0.29) is 5.54 Å². The van der Waals surface area contributed by atoms with E-state index in [1.807, 2.05) is 49.4 Å². The van der Waals surface area contributed by atoms with E-state index >= 15 is 0 Å². The van der Waals surface area contributed by atoms with Crippen LogP contribution in [-0.4, -0.2) is 17.3 Å². The van der Waals surface area contributed by atoms with E-state index in [2.05, 4.69) is 16.7 Å². The van der Waals surface area contributed by atoms with Gasteiger partial charge in [-0.25, -0.2) is 0 Å². The van der Waals surface area contributed by atoms with Gasteiger partial charge in [0.2, 0.25) is 0 Å². The maximum absolute atomic E-state index is 6.34. The first kappa shape index (κ1) is 20.0. The van der Waals surface area contributed by atoms with E-state index in [1.54, 1.807) is 0 Å². The fraction of sp³-hybridized carbons (Fsp3) is 0.409. The number of anilines is 1. The summed E-state index contributed by atoms with van der Waals surface area (Å²) in [5, 5.41) is 8.45. The van der Waals surface area contributed by atoms with Crippen molar-refractivity contribution in [3.05, 3.63) is 59.1 Å². The number of thiocarbonyl (C=S) groups is 1. The summed E-state index contributed by atoms with van der Waals surface area (Å²) in [6.45, 7) is 2.63. The number of benzene rings is 2. The largest absolute Gasteiger partial charge is 0.494 e. The van der Waals surface area contributed by atoms with Crippen molar-refractivity contribution in [3.8, 4) is 5.75 Å². The molecule has 0 spiro atoms. The monoisotopic (exact) mass is 402 g/mol. The van der Waals surface area contributed by atoms with E-state index in [9.17, 15) is 0 Å². The number of rotatable bonds is 7. The van der Waals surface area contributed by atoms with Gasteiger partial charge in [-0.2, -0.15) is 0 Å². The van der Waals surface area contributed by atoms with Crippen LogP contribution in [0.15, 0.2) is 48.5 Å². The molecule has 2 aromatic rings. The maximum atomic E-state index is 6.34. The van der Waals surface area contributed by atoms with Crippen LogP contribution >= 0.6 is 23.8 Å². The minimum Gasteiger partial charge on any atom is -0.494 e. The molecule has 0 bridgehead atoms. The molecule has 0 heterocycles. The Bertz CT molecular complexity index is 774. The first-order valence-electron chi connectivity index (χ1n) is 9.66. The second-order valence-electron chi connectivity index (χ2n) is 7.12. The topological polar surface area (TPSA) is 33.3 Å². The first-order chi connectivity index (χ1) is 13.1. The minimum absolute atomic E-state index is 0.0424. The predicted molar refractivity (Wildman–Crippen MR) is 118 cm³/mol. The zero-order valence-electron chi connectivity index (χ0n) is 15.8. The highest BCUT2D eigenvalue weighted by molar-refractivity contribution is 7.80. The lowest BCUT2D eigenvalue weighted by molar-refractivity contribution is 0.340. The lowest BCUT2D eigenvalue weighted by atomic mass is 9.89. The lowest BCUT2D eigenvalue weighted by Gasteiger charge is -2.32. The Morgan fingerprint density at radius 2 is 1.93 bits per heavy atom. The Labute approximate surface area is 172 Å². The molecule has 0 atom stereocenters. The maximum Gasteiger partial charge on any atom is 0.171 e. The molecule has 0 aromatic heterocycles. The van der Waals surface area contributed by atoms with Gasteiger partial charge < -0.3 is 15.4 Å². The van der Waals surface area contributed by atoms with Crippen molar-refractivity contribution >= 4 is 34.6 Å². The molecule has 2 N–H and O–H groups in total. The predicted octanol–water partition coefficient (Wildman–Crippen LogP) is 5.97. The van der Waals surface area contributed by atoms with Crippen LogP contribution in [0.1, 0.15) is 44.6 Å². The number of nitrogens with one attached hydrogen (secondary N) is 2. The molecule has 3 nitrogen and oxygen atoms in total. The van der Waals surface area contributed by atoms with E-state index in [0.29, 0.717) is 11.7 Å². The molecule has 3 rings (SSSR count). The second-order valence-corrected chi connectivity index (χ2v) is 7.93. The third kappa shape index (κ3) is 5.60. The first-order valence-corrected chi connectivity index (χ1v) is 10.4. The fourth-order valence-corrected chi connectivity index (χ4v) is 4.36. The quantitative estimate of drug-likeness (QED) is 0.559. The van der Waals surface area contributed by atoms with Crippen molar-refractivity contribution in [2.24, 2.45) is 0 Å². The summed E-state index contributed by atoms with van der Waals surface area (Å²) in [5.74, 6) is 0.847. The van der Waals surface area contributed by atoms with Gasteiger partial charge in [0, 0.05) is 22.3 Å². The molecule has 2 aromatic carbocycles. The third-order valence-electron chi connectivity index (χ3n) is 5.17. The summed E-state index contributed by atoms with van der Waals surface area (Å²) in [6.07, 6.45) is 6.72. The molecule has 0 amide bonds. The minimum atomic E-state index is 0.0424. The normalized spacial score (nSPS) is 15.3.